The number of hydrogen-bond donors (Lipinski definition) is 0. The van der Waals surface area contributed by atoms with Gasteiger partial charge in [0.15, 0.2) is 8.07 Å². The Morgan fingerprint density at radius 3 is 1.86 bits per heavy atom. The molecular weight excluding hydrogens is 807 g/mol. The summed E-state index contributed by atoms with van der Waals surface area (Å²) in [7, 11) is -3.35. The summed E-state index contributed by atoms with van der Waals surface area (Å²) in [5, 5.41) is 11.3. The second kappa shape index (κ2) is 14.2. The van der Waals surface area contributed by atoms with Gasteiger partial charge in [0.25, 0.3) is 0 Å². The lowest BCUT2D eigenvalue weighted by Gasteiger charge is -2.44. The first-order valence-electron chi connectivity index (χ1n) is 22.4. The number of anilines is 3. The number of imidazole rings is 1. The van der Waals surface area contributed by atoms with Crippen molar-refractivity contribution >= 4 is 95.1 Å². The second-order valence-corrected chi connectivity index (χ2v) is 21.5. The van der Waals surface area contributed by atoms with Gasteiger partial charge in [0, 0.05) is 56.8 Å². The molecule has 5 heterocycles. The summed E-state index contributed by atoms with van der Waals surface area (Å²) < 4.78 is 4.81. The monoisotopic (exact) mass is 849 g/mol. The van der Waals surface area contributed by atoms with Crippen molar-refractivity contribution in [2.75, 3.05) is 4.90 Å². The van der Waals surface area contributed by atoms with E-state index in [0.29, 0.717) is 0 Å². The van der Waals surface area contributed by atoms with Crippen LogP contribution in [0.1, 0.15) is 25.0 Å². The highest BCUT2D eigenvalue weighted by Crippen LogP contribution is 2.55. The Labute approximate surface area is 378 Å². The molecule has 6 heteroatoms. The highest BCUT2D eigenvalue weighted by molar-refractivity contribution is 7.21. The Bertz CT molecular complexity index is 3760. The van der Waals surface area contributed by atoms with E-state index in [1.807, 2.05) is 18.5 Å². The fraction of sp³-hybridized carbons (Fsp3) is 0.0508. The van der Waals surface area contributed by atoms with Gasteiger partial charge in [0.05, 0.1) is 27.9 Å². The number of nitrogens with zero attached hydrogens (tertiary/aromatic N) is 5. The molecule has 0 spiro atoms. The van der Waals surface area contributed by atoms with E-state index in [1.165, 1.54) is 64.5 Å². The zero-order valence-electron chi connectivity index (χ0n) is 36.1. The summed E-state index contributed by atoms with van der Waals surface area (Å²) in [6.45, 7) is 4.82. The molecule has 0 amide bonds. The first-order chi connectivity index (χ1) is 32.0. The molecular formula is C59H43N5Si. The average molecular weight is 850 g/mol. The van der Waals surface area contributed by atoms with Gasteiger partial charge in [-0.3, -0.25) is 9.30 Å². The van der Waals surface area contributed by atoms with Gasteiger partial charge in [-0.2, -0.15) is 0 Å². The molecule has 0 unspecified atom stereocenters. The van der Waals surface area contributed by atoms with E-state index >= 15 is 0 Å². The van der Waals surface area contributed by atoms with Crippen LogP contribution in [0, 0.1) is 0 Å². The lowest BCUT2D eigenvalue weighted by Crippen LogP contribution is -2.75. The van der Waals surface area contributed by atoms with Gasteiger partial charge in [-0.05, 0) is 80.2 Å². The van der Waals surface area contributed by atoms with Crippen LogP contribution in [0.2, 0.25) is 0 Å². The van der Waals surface area contributed by atoms with Crippen LogP contribution in [-0.2, 0) is 5.41 Å². The second-order valence-electron chi connectivity index (χ2n) is 17.8. The Hall–Kier alpha value is -8.06. The molecule has 4 aromatic heterocycles. The first-order valence-corrected chi connectivity index (χ1v) is 24.4. The third-order valence-corrected chi connectivity index (χ3v) is 18.9. The number of benzene rings is 8. The van der Waals surface area contributed by atoms with Crippen LogP contribution >= 0.6 is 0 Å². The van der Waals surface area contributed by atoms with Crippen LogP contribution in [0.15, 0.2) is 225 Å². The molecule has 1 aliphatic heterocycles. The number of aromatic nitrogens is 4. The quantitative estimate of drug-likeness (QED) is 0.0950. The summed E-state index contributed by atoms with van der Waals surface area (Å²) in [4.78, 5) is 12.6. The van der Waals surface area contributed by atoms with Crippen molar-refractivity contribution in [1.82, 2.24) is 18.9 Å². The molecule has 0 bridgehead atoms. The van der Waals surface area contributed by atoms with Crippen molar-refractivity contribution in [3.8, 4) is 5.69 Å². The molecule has 0 N–H and O–H groups in total. The maximum atomic E-state index is 5.12. The number of para-hydroxylation sites is 4. The molecule has 65 heavy (non-hydrogen) atoms. The maximum absolute atomic E-state index is 5.12. The minimum atomic E-state index is -3.35. The van der Waals surface area contributed by atoms with E-state index in [-0.39, 0.29) is 0 Å². The molecule has 0 saturated carbocycles. The molecule has 5 nitrogen and oxygen atoms in total. The fourth-order valence-corrected chi connectivity index (χ4v) is 16.4. The summed E-state index contributed by atoms with van der Waals surface area (Å²) in [6.07, 6.45) is 5.95. The van der Waals surface area contributed by atoms with Gasteiger partial charge >= 0.3 is 0 Å². The topological polar surface area (TPSA) is 38.4 Å². The van der Waals surface area contributed by atoms with Gasteiger partial charge in [-0.1, -0.05) is 172 Å². The van der Waals surface area contributed by atoms with Crippen LogP contribution in [0.5, 0.6) is 0 Å². The lowest BCUT2D eigenvalue weighted by molar-refractivity contribution is 0.635. The smallest absolute Gasteiger partial charge is 0.180 e. The summed E-state index contributed by atoms with van der Waals surface area (Å²) in [5.41, 5.74) is 10.0. The van der Waals surface area contributed by atoms with E-state index in [2.05, 4.69) is 234 Å². The van der Waals surface area contributed by atoms with Crippen LogP contribution in [0.4, 0.5) is 17.2 Å². The summed E-state index contributed by atoms with van der Waals surface area (Å²) in [5.74, 6) is 0.885. The zero-order chi connectivity index (χ0) is 43.3. The molecule has 0 radical (unpaired) electrons. The Balaban J connectivity index is 1.29. The van der Waals surface area contributed by atoms with Gasteiger partial charge < -0.3 is 4.57 Å². The predicted molar refractivity (Wildman–Crippen MR) is 273 cm³/mol. The summed E-state index contributed by atoms with van der Waals surface area (Å²) >= 11 is 0. The van der Waals surface area contributed by atoms with E-state index in [0.717, 1.165) is 39.4 Å². The number of rotatable bonds is 6. The third kappa shape index (κ3) is 5.26. The fourth-order valence-electron chi connectivity index (χ4n) is 11.4. The number of hydrogen-bond acceptors (Lipinski definition) is 3. The van der Waals surface area contributed by atoms with Gasteiger partial charge in [-0.25, -0.2) is 9.97 Å². The van der Waals surface area contributed by atoms with E-state index in [1.54, 1.807) is 0 Å². The van der Waals surface area contributed by atoms with Crippen LogP contribution in [0.25, 0.3) is 54.8 Å². The molecule has 308 valence electrons. The van der Waals surface area contributed by atoms with E-state index in [9.17, 15) is 0 Å². The van der Waals surface area contributed by atoms with Crippen LogP contribution in [0.3, 0.4) is 0 Å². The van der Waals surface area contributed by atoms with E-state index < -0.39 is 13.5 Å². The standard InChI is InChI=1S/C59H43N5Si/c1-59(2)48-28-14-17-31-51(48)64(54-32-18-19-35-60-54)52-39-53(55-46-27-13-16-30-50(46)63(57(55)56(52)59)40-20-6-3-7-21-40)65(41-22-8-4-9-23-41,42-24-10-5-11-25-42)43-33-34-44-45-26-12-15-29-49(45)62-37-36-61-58(62)47(44)38-43/h3-39H,1-2H3. The van der Waals surface area contributed by atoms with Crippen molar-refractivity contribution in [2.45, 2.75) is 19.3 Å². The molecule has 1 aliphatic rings. The summed E-state index contributed by atoms with van der Waals surface area (Å²) in [6, 6.07) is 76.5. The largest absolute Gasteiger partial charge is 0.309 e. The van der Waals surface area contributed by atoms with Crippen molar-refractivity contribution in [2.24, 2.45) is 0 Å². The highest BCUT2D eigenvalue weighted by Gasteiger charge is 2.47. The molecule has 0 aliphatic carbocycles. The Morgan fingerprint density at radius 1 is 0.477 bits per heavy atom. The van der Waals surface area contributed by atoms with Gasteiger partial charge in [-0.15, -0.1) is 0 Å². The molecule has 8 aromatic carbocycles. The maximum Gasteiger partial charge on any atom is 0.180 e. The van der Waals surface area contributed by atoms with Crippen LogP contribution in [-0.4, -0.2) is 27.0 Å². The lowest BCUT2D eigenvalue weighted by atomic mass is 9.72. The van der Waals surface area contributed by atoms with Crippen molar-refractivity contribution in [3.63, 3.8) is 0 Å². The molecule has 0 saturated heterocycles. The van der Waals surface area contributed by atoms with Crippen LogP contribution < -0.4 is 25.6 Å². The Morgan fingerprint density at radius 2 is 1.12 bits per heavy atom. The van der Waals surface area contributed by atoms with Crippen molar-refractivity contribution in [3.05, 3.63) is 236 Å². The molecule has 13 rings (SSSR count). The normalized spacial score (nSPS) is 13.5. The number of fused-ring (bicyclic) bond motifs is 12. The van der Waals surface area contributed by atoms with Crippen molar-refractivity contribution < 1.29 is 0 Å². The highest BCUT2D eigenvalue weighted by atomic mass is 28.3. The molecule has 12 aromatic rings. The van der Waals surface area contributed by atoms with Crippen molar-refractivity contribution in [1.29, 1.82) is 0 Å². The third-order valence-electron chi connectivity index (χ3n) is 14.1. The first kappa shape index (κ1) is 37.5. The minimum Gasteiger partial charge on any atom is -0.309 e. The minimum absolute atomic E-state index is 0.408. The average Bonchev–Trinajstić information content (AvgIpc) is 4.00. The van der Waals surface area contributed by atoms with Gasteiger partial charge in [0.2, 0.25) is 0 Å². The number of pyridine rings is 2. The molecule has 0 atom stereocenters. The van der Waals surface area contributed by atoms with Gasteiger partial charge in [0.1, 0.15) is 11.5 Å². The predicted octanol–water partition coefficient (Wildman–Crippen LogP) is 11.6. The zero-order valence-corrected chi connectivity index (χ0v) is 37.1. The van der Waals surface area contributed by atoms with E-state index in [4.69, 9.17) is 9.97 Å². The molecule has 0 fully saturated rings. The SMILES string of the molecule is CC1(C)c2ccccc2N(c2ccccn2)c2cc([Si](c3ccccc3)(c3ccccc3)c3ccc4c5ccccc5n5ccnc5c4c3)c3c4ccccc4n(-c4ccccc4)c3c21. The Kier molecular flexibility index (Phi) is 8.20.